The van der Waals surface area contributed by atoms with Crippen LogP contribution in [0.4, 0.5) is 17.3 Å². The third-order valence-electron chi connectivity index (χ3n) is 7.20. The Labute approximate surface area is 216 Å². The predicted molar refractivity (Wildman–Crippen MR) is 143 cm³/mol. The number of pyridine rings is 3. The molecule has 0 amide bonds. The van der Waals surface area contributed by atoms with E-state index in [0.29, 0.717) is 11.1 Å². The number of hydrogen-bond acceptors (Lipinski definition) is 7. The molecule has 3 aromatic heterocycles. The molecule has 0 saturated carbocycles. The van der Waals surface area contributed by atoms with Gasteiger partial charge in [0.05, 0.1) is 16.3 Å². The molecule has 2 atom stereocenters. The summed E-state index contributed by atoms with van der Waals surface area (Å²) in [4.78, 5) is 32.2. The number of carboxylic acids is 1. The van der Waals surface area contributed by atoms with Crippen LogP contribution in [0.1, 0.15) is 42.6 Å². The summed E-state index contributed by atoms with van der Waals surface area (Å²) in [6, 6.07) is 8.62. The molecule has 0 unspecified atom stereocenters. The minimum atomic E-state index is -0.957. The third-order valence-corrected chi connectivity index (χ3v) is 7.41. The number of carbonyl (C=O) groups is 1. The average Bonchev–Trinajstić information content (AvgIpc) is 3.29. The van der Waals surface area contributed by atoms with Gasteiger partial charge in [-0.15, -0.1) is 0 Å². The van der Waals surface area contributed by atoms with Gasteiger partial charge in [-0.25, -0.2) is 14.8 Å². The molecule has 8 nitrogen and oxygen atoms in total. The third kappa shape index (κ3) is 4.82. The Bertz CT molecular complexity index is 1280. The van der Waals surface area contributed by atoms with Gasteiger partial charge in [0.1, 0.15) is 11.6 Å². The smallest absolute Gasteiger partial charge is 0.337 e. The van der Waals surface area contributed by atoms with Crippen molar-refractivity contribution in [2.45, 2.75) is 45.7 Å². The lowest BCUT2D eigenvalue weighted by Crippen LogP contribution is -2.52. The van der Waals surface area contributed by atoms with E-state index in [2.05, 4.69) is 50.6 Å². The van der Waals surface area contributed by atoms with E-state index in [1.807, 2.05) is 19.2 Å². The summed E-state index contributed by atoms with van der Waals surface area (Å²) in [5, 5.41) is 9.86. The number of hydrogen-bond donors (Lipinski definition) is 1. The van der Waals surface area contributed by atoms with Crippen molar-refractivity contribution in [2.24, 2.45) is 0 Å². The Morgan fingerprint density at radius 3 is 2.53 bits per heavy atom. The molecule has 9 heteroatoms. The summed E-state index contributed by atoms with van der Waals surface area (Å²) >= 11 is 6.26. The van der Waals surface area contributed by atoms with E-state index in [4.69, 9.17) is 16.6 Å². The Hall–Kier alpha value is -3.39. The molecule has 0 aromatic carbocycles. The quantitative estimate of drug-likeness (QED) is 0.523. The van der Waals surface area contributed by atoms with Gasteiger partial charge in [-0.2, -0.15) is 0 Å². The fourth-order valence-electron chi connectivity index (χ4n) is 5.34. The van der Waals surface area contributed by atoms with Crippen molar-refractivity contribution in [1.82, 2.24) is 15.0 Å². The molecule has 2 aliphatic heterocycles. The molecular weight excluding hydrogens is 476 g/mol. The average molecular weight is 507 g/mol. The molecule has 2 fully saturated rings. The molecule has 0 spiro atoms. The topological polar surface area (TPSA) is 85.7 Å². The van der Waals surface area contributed by atoms with Crippen molar-refractivity contribution in [2.75, 3.05) is 40.9 Å². The number of aryl methyl sites for hydroxylation is 1. The second-order valence-electron chi connectivity index (χ2n) is 9.80. The molecule has 2 aliphatic rings. The lowest BCUT2D eigenvalue weighted by molar-refractivity contribution is 0.0696. The van der Waals surface area contributed by atoms with E-state index >= 15 is 0 Å². The van der Waals surface area contributed by atoms with Crippen LogP contribution in [0.3, 0.4) is 0 Å². The highest BCUT2D eigenvalue weighted by Gasteiger charge is 2.28. The summed E-state index contributed by atoms with van der Waals surface area (Å²) in [7, 11) is 0. The van der Waals surface area contributed by atoms with E-state index in [0.717, 1.165) is 60.3 Å². The highest BCUT2D eigenvalue weighted by atomic mass is 35.5. The van der Waals surface area contributed by atoms with Gasteiger partial charge in [0.2, 0.25) is 0 Å². The molecule has 0 radical (unpaired) electrons. The Kier molecular flexibility index (Phi) is 6.71. The second kappa shape index (κ2) is 9.93. The molecule has 1 N–H and O–H groups in total. The van der Waals surface area contributed by atoms with Gasteiger partial charge in [0.15, 0.2) is 0 Å². The number of carboxylic acid groups (broad SMARTS) is 1. The van der Waals surface area contributed by atoms with Crippen LogP contribution in [0.5, 0.6) is 0 Å². The zero-order valence-electron chi connectivity index (χ0n) is 20.9. The number of nitrogens with zero attached hydrogens (tertiary/aromatic N) is 6. The first-order valence-corrected chi connectivity index (χ1v) is 12.8. The second-order valence-corrected chi connectivity index (χ2v) is 10.2. The highest BCUT2D eigenvalue weighted by Crippen LogP contribution is 2.34. The van der Waals surface area contributed by atoms with Gasteiger partial charge in [-0.1, -0.05) is 11.6 Å². The Balaban J connectivity index is 1.45. The maximum Gasteiger partial charge on any atom is 0.337 e. The molecule has 0 aliphatic carbocycles. The fourth-order valence-corrected chi connectivity index (χ4v) is 5.51. The summed E-state index contributed by atoms with van der Waals surface area (Å²) in [5.74, 6) is 0.879. The lowest BCUT2D eigenvalue weighted by Gasteiger charge is -2.42. The fraction of sp³-hybridized carbons (Fsp3) is 0.407. The largest absolute Gasteiger partial charge is 0.478 e. The van der Waals surface area contributed by atoms with Crippen LogP contribution in [0.25, 0.3) is 11.3 Å². The minimum Gasteiger partial charge on any atom is -0.478 e. The number of anilines is 3. The molecule has 3 aromatic rings. The van der Waals surface area contributed by atoms with Gasteiger partial charge in [0.25, 0.3) is 0 Å². The first-order chi connectivity index (χ1) is 17.3. The van der Waals surface area contributed by atoms with Crippen molar-refractivity contribution in [3.05, 3.63) is 59.0 Å². The van der Waals surface area contributed by atoms with E-state index in [9.17, 15) is 9.90 Å². The molecule has 0 bridgehead atoms. The van der Waals surface area contributed by atoms with Crippen molar-refractivity contribution >= 4 is 34.9 Å². The summed E-state index contributed by atoms with van der Waals surface area (Å²) in [6.45, 7) is 9.79. The zero-order chi connectivity index (χ0) is 25.4. The summed E-state index contributed by atoms with van der Waals surface area (Å²) in [6.07, 6.45) is 7.23. The molecule has 2 saturated heterocycles. The van der Waals surface area contributed by atoms with Crippen LogP contribution in [0.2, 0.25) is 5.02 Å². The summed E-state index contributed by atoms with van der Waals surface area (Å²) in [5.41, 5.74) is 3.99. The van der Waals surface area contributed by atoms with Crippen LogP contribution >= 0.6 is 11.6 Å². The Morgan fingerprint density at radius 1 is 1.03 bits per heavy atom. The van der Waals surface area contributed by atoms with Gasteiger partial charge in [0, 0.05) is 74.2 Å². The lowest BCUT2D eigenvalue weighted by atomic mass is 10.1. The SMILES string of the molecule is Cc1cc(C(=O)O)cnc1N1CCN(c2cc(-c3cncc(Cl)c3)nc(N3CCC[C@H]3C)c2)[C@H](C)C1. The van der Waals surface area contributed by atoms with Gasteiger partial charge >= 0.3 is 5.97 Å². The maximum atomic E-state index is 11.3. The number of rotatable bonds is 5. The van der Waals surface area contributed by atoms with Crippen molar-refractivity contribution in [3.63, 3.8) is 0 Å². The molecule has 5 rings (SSSR count). The molecule has 36 heavy (non-hydrogen) atoms. The normalized spacial score (nSPS) is 20.2. The van der Waals surface area contributed by atoms with E-state index in [1.165, 1.54) is 19.0 Å². The van der Waals surface area contributed by atoms with Gasteiger partial charge in [-0.3, -0.25) is 4.98 Å². The maximum absolute atomic E-state index is 11.3. The first-order valence-electron chi connectivity index (χ1n) is 12.4. The number of aromatic nitrogens is 3. The zero-order valence-corrected chi connectivity index (χ0v) is 21.6. The van der Waals surface area contributed by atoms with Gasteiger partial charge < -0.3 is 19.8 Å². The standard InChI is InChI=1S/C27H31ClN6O2/c1-17-9-21(27(35)36)14-30-26(17)32-7-8-33(19(3)16-32)23-11-24(20-10-22(28)15-29-13-20)31-25(12-23)34-6-4-5-18(34)2/h9-15,18-19H,4-8,16H2,1-3H3,(H,35,36)/t18-,19-/m1/s1. The number of halogens is 1. The van der Waals surface area contributed by atoms with Crippen LogP contribution < -0.4 is 14.7 Å². The molecule has 5 heterocycles. The molecular formula is C27H31ClN6O2. The first kappa shape index (κ1) is 24.3. The molecule has 188 valence electrons. The van der Waals surface area contributed by atoms with E-state index < -0.39 is 5.97 Å². The minimum absolute atomic E-state index is 0.214. The van der Waals surface area contributed by atoms with Crippen molar-refractivity contribution < 1.29 is 9.90 Å². The van der Waals surface area contributed by atoms with Crippen molar-refractivity contribution in [1.29, 1.82) is 0 Å². The summed E-state index contributed by atoms with van der Waals surface area (Å²) < 4.78 is 0. The van der Waals surface area contributed by atoms with Crippen molar-refractivity contribution in [3.8, 4) is 11.3 Å². The van der Waals surface area contributed by atoms with Gasteiger partial charge in [-0.05, 0) is 57.4 Å². The predicted octanol–water partition coefficient (Wildman–Crippen LogP) is 4.90. The van der Waals surface area contributed by atoms with E-state index in [1.54, 1.807) is 12.3 Å². The monoisotopic (exact) mass is 506 g/mol. The number of piperazine rings is 1. The van der Waals surface area contributed by atoms with Crippen LogP contribution in [-0.4, -0.2) is 64.3 Å². The number of aromatic carboxylic acids is 1. The van der Waals surface area contributed by atoms with E-state index in [-0.39, 0.29) is 11.6 Å². The van der Waals surface area contributed by atoms with Crippen LogP contribution in [0.15, 0.2) is 42.9 Å². The van der Waals surface area contributed by atoms with Crippen LogP contribution in [0, 0.1) is 6.92 Å². The van der Waals surface area contributed by atoms with Crippen LogP contribution in [-0.2, 0) is 0 Å². The Morgan fingerprint density at radius 2 is 1.86 bits per heavy atom. The highest BCUT2D eigenvalue weighted by molar-refractivity contribution is 6.30.